The van der Waals surface area contributed by atoms with E-state index in [1.807, 2.05) is 6.92 Å². The number of halogens is 1. The summed E-state index contributed by atoms with van der Waals surface area (Å²) in [5, 5.41) is 0. The molecule has 16 heavy (non-hydrogen) atoms. The average Bonchev–Trinajstić information content (AvgIpc) is 2.28. The van der Waals surface area contributed by atoms with Crippen molar-refractivity contribution in [3.8, 4) is 0 Å². The van der Waals surface area contributed by atoms with Crippen LogP contribution >= 0.6 is 0 Å². The van der Waals surface area contributed by atoms with Gasteiger partial charge in [0.05, 0.1) is 0 Å². The van der Waals surface area contributed by atoms with Crippen LogP contribution in [0.3, 0.4) is 0 Å². The number of amides is 1. The molecule has 2 rings (SSSR count). The molecule has 1 fully saturated rings. The Labute approximate surface area is 94.0 Å². The predicted molar refractivity (Wildman–Crippen MR) is 59.3 cm³/mol. The van der Waals surface area contributed by atoms with Crippen LogP contribution in [0.1, 0.15) is 12.5 Å². The van der Waals surface area contributed by atoms with E-state index >= 15 is 0 Å². The van der Waals surface area contributed by atoms with Gasteiger partial charge in [-0.2, -0.15) is 0 Å². The summed E-state index contributed by atoms with van der Waals surface area (Å²) in [7, 11) is 0. The van der Waals surface area contributed by atoms with Crippen molar-refractivity contribution >= 4 is 5.91 Å². The van der Waals surface area contributed by atoms with Crippen LogP contribution in [0, 0.1) is 5.82 Å². The molecule has 2 unspecified atom stereocenters. The molecule has 0 bridgehead atoms. The van der Waals surface area contributed by atoms with Gasteiger partial charge in [-0.05, 0) is 31.0 Å². The number of likely N-dealkylation sites (tertiary alicyclic amines) is 1. The highest BCUT2D eigenvalue weighted by Gasteiger charge is 2.36. The summed E-state index contributed by atoms with van der Waals surface area (Å²) < 4.78 is 12.7. The number of hydrogen-bond acceptors (Lipinski definition) is 2. The Bertz CT molecular complexity index is 391. The molecule has 1 aliphatic heterocycles. The molecule has 1 aliphatic rings. The first-order valence-electron chi connectivity index (χ1n) is 5.38. The first-order chi connectivity index (χ1) is 7.58. The molecule has 1 amide bonds. The fourth-order valence-electron chi connectivity index (χ4n) is 1.95. The second-order valence-electron chi connectivity index (χ2n) is 4.28. The largest absolute Gasteiger partial charge is 0.336 e. The molecular formula is C12H15FN2O. The minimum Gasteiger partial charge on any atom is -0.336 e. The number of β-lactam (4-membered cyclic amide) rings is 1. The van der Waals surface area contributed by atoms with Crippen molar-refractivity contribution in [3.63, 3.8) is 0 Å². The lowest BCUT2D eigenvalue weighted by molar-refractivity contribution is -0.145. The first-order valence-corrected chi connectivity index (χ1v) is 5.38. The number of hydrogen-bond donors (Lipinski definition) is 1. The van der Waals surface area contributed by atoms with Crippen LogP contribution in [0.15, 0.2) is 24.3 Å². The molecule has 0 spiro atoms. The van der Waals surface area contributed by atoms with Crippen LogP contribution in [0.25, 0.3) is 0 Å². The fourth-order valence-corrected chi connectivity index (χ4v) is 1.95. The van der Waals surface area contributed by atoms with Crippen LogP contribution in [-0.2, 0) is 11.2 Å². The van der Waals surface area contributed by atoms with Gasteiger partial charge < -0.3 is 10.6 Å². The van der Waals surface area contributed by atoms with E-state index in [1.54, 1.807) is 17.0 Å². The Kier molecular flexibility index (Phi) is 2.92. The maximum atomic E-state index is 12.7. The Balaban J connectivity index is 1.95. The molecule has 1 aromatic rings. The Morgan fingerprint density at radius 3 is 2.62 bits per heavy atom. The molecule has 4 heteroatoms. The third kappa shape index (κ3) is 2.07. The normalized spacial score (nSPS) is 21.8. The molecule has 0 aliphatic carbocycles. The van der Waals surface area contributed by atoms with Gasteiger partial charge in [-0.1, -0.05) is 12.1 Å². The first kappa shape index (κ1) is 11.1. The van der Waals surface area contributed by atoms with E-state index in [4.69, 9.17) is 5.73 Å². The molecule has 0 radical (unpaired) electrons. The predicted octanol–water partition coefficient (Wildman–Crippen LogP) is 0.926. The summed E-state index contributed by atoms with van der Waals surface area (Å²) >= 11 is 0. The summed E-state index contributed by atoms with van der Waals surface area (Å²) in [6.45, 7) is 2.61. The number of carbonyl (C=O) groups is 1. The Hall–Kier alpha value is -1.42. The third-order valence-corrected chi connectivity index (χ3v) is 2.97. The summed E-state index contributed by atoms with van der Waals surface area (Å²) in [4.78, 5) is 13.1. The zero-order chi connectivity index (χ0) is 11.7. The number of nitrogens with two attached hydrogens (primary N) is 1. The van der Waals surface area contributed by atoms with Crippen LogP contribution in [0.4, 0.5) is 4.39 Å². The number of rotatable bonds is 3. The highest BCUT2D eigenvalue weighted by Crippen LogP contribution is 2.16. The highest BCUT2D eigenvalue weighted by atomic mass is 19.1. The van der Waals surface area contributed by atoms with Crippen molar-refractivity contribution in [3.05, 3.63) is 35.6 Å². The van der Waals surface area contributed by atoms with Gasteiger partial charge in [-0.3, -0.25) is 4.79 Å². The van der Waals surface area contributed by atoms with Crippen LogP contribution in [0.5, 0.6) is 0 Å². The van der Waals surface area contributed by atoms with Crippen molar-refractivity contribution in [2.24, 2.45) is 5.73 Å². The van der Waals surface area contributed by atoms with Crippen molar-refractivity contribution in [1.82, 2.24) is 4.90 Å². The summed E-state index contributed by atoms with van der Waals surface area (Å²) in [6, 6.07) is 6.16. The molecule has 86 valence electrons. The van der Waals surface area contributed by atoms with E-state index < -0.39 is 0 Å². The van der Waals surface area contributed by atoms with Crippen molar-refractivity contribution in [2.45, 2.75) is 25.4 Å². The molecule has 0 saturated carbocycles. The molecule has 0 aromatic heterocycles. The summed E-state index contributed by atoms with van der Waals surface area (Å²) in [6.07, 6.45) is 0.735. The number of benzene rings is 1. The fraction of sp³-hybridized carbons (Fsp3) is 0.417. The van der Waals surface area contributed by atoms with Crippen molar-refractivity contribution in [1.29, 1.82) is 0 Å². The SMILES string of the molecule is CC(Cc1ccc(F)cc1)N1CC(N)C1=O. The van der Waals surface area contributed by atoms with E-state index in [9.17, 15) is 9.18 Å². The average molecular weight is 222 g/mol. The van der Waals surface area contributed by atoms with Crippen molar-refractivity contribution in [2.75, 3.05) is 6.54 Å². The lowest BCUT2D eigenvalue weighted by Crippen LogP contribution is -2.63. The Morgan fingerprint density at radius 1 is 1.50 bits per heavy atom. The van der Waals surface area contributed by atoms with Gasteiger partial charge in [0.2, 0.25) is 5.91 Å². The zero-order valence-corrected chi connectivity index (χ0v) is 9.19. The Morgan fingerprint density at radius 2 is 2.12 bits per heavy atom. The molecule has 2 N–H and O–H groups in total. The quantitative estimate of drug-likeness (QED) is 0.773. The minimum absolute atomic E-state index is 0.00890. The van der Waals surface area contributed by atoms with Gasteiger partial charge in [-0.25, -0.2) is 4.39 Å². The monoisotopic (exact) mass is 222 g/mol. The van der Waals surface area contributed by atoms with Gasteiger partial charge in [0.1, 0.15) is 11.9 Å². The molecule has 1 aromatic carbocycles. The van der Waals surface area contributed by atoms with Gasteiger partial charge >= 0.3 is 0 Å². The lowest BCUT2D eigenvalue weighted by Gasteiger charge is -2.40. The number of carbonyl (C=O) groups excluding carboxylic acids is 1. The maximum absolute atomic E-state index is 12.7. The second-order valence-corrected chi connectivity index (χ2v) is 4.28. The van der Waals surface area contributed by atoms with E-state index in [0.717, 1.165) is 12.0 Å². The van der Waals surface area contributed by atoms with Crippen molar-refractivity contribution < 1.29 is 9.18 Å². The molecule has 1 heterocycles. The third-order valence-electron chi connectivity index (χ3n) is 2.97. The van der Waals surface area contributed by atoms with Gasteiger partial charge in [-0.15, -0.1) is 0 Å². The van der Waals surface area contributed by atoms with E-state index in [2.05, 4.69) is 0 Å². The number of nitrogens with zero attached hydrogens (tertiary/aromatic N) is 1. The van der Waals surface area contributed by atoms with Gasteiger partial charge in [0, 0.05) is 12.6 Å². The minimum atomic E-state index is -0.323. The van der Waals surface area contributed by atoms with E-state index in [1.165, 1.54) is 12.1 Å². The van der Waals surface area contributed by atoms with Crippen LogP contribution < -0.4 is 5.73 Å². The van der Waals surface area contributed by atoms with Crippen LogP contribution in [-0.4, -0.2) is 29.4 Å². The molecule has 2 atom stereocenters. The van der Waals surface area contributed by atoms with Gasteiger partial charge in [0.25, 0.3) is 0 Å². The van der Waals surface area contributed by atoms with E-state index in [-0.39, 0.29) is 23.8 Å². The van der Waals surface area contributed by atoms with E-state index in [0.29, 0.717) is 6.54 Å². The molecule has 1 saturated heterocycles. The smallest absolute Gasteiger partial charge is 0.241 e. The molecular weight excluding hydrogens is 207 g/mol. The summed E-state index contributed by atoms with van der Waals surface area (Å²) in [5.41, 5.74) is 6.55. The maximum Gasteiger partial charge on any atom is 0.241 e. The summed E-state index contributed by atoms with van der Waals surface area (Å²) in [5.74, 6) is -0.229. The topological polar surface area (TPSA) is 46.3 Å². The second kappa shape index (κ2) is 4.22. The lowest BCUT2D eigenvalue weighted by atomic mass is 10.0. The van der Waals surface area contributed by atoms with Gasteiger partial charge in [0.15, 0.2) is 0 Å². The molecule has 3 nitrogen and oxygen atoms in total. The van der Waals surface area contributed by atoms with Crippen LogP contribution in [0.2, 0.25) is 0 Å². The standard InChI is InChI=1S/C12H15FN2O/c1-8(15-7-11(14)12(15)16)6-9-2-4-10(13)5-3-9/h2-5,8,11H,6-7,14H2,1H3. The highest BCUT2D eigenvalue weighted by molar-refractivity contribution is 5.87. The zero-order valence-electron chi connectivity index (χ0n) is 9.19.